The van der Waals surface area contributed by atoms with Gasteiger partial charge in [-0.25, -0.2) is 0 Å². The smallest absolute Gasteiger partial charge is 0.311 e. The maximum Gasteiger partial charge on any atom is 0.311 e. The molecule has 1 aromatic rings. The zero-order chi connectivity index (χ0) is 13.8. The summed E-state index contributed by atoms with van der Waals surface area (Å²) in [7, 11) is 1.43. The number of benzene rings is 1. The van der Waals surface area contributed by atoms with E-state index in [4.69, 9.17) is 10.5 Å². The first kappa shape index (κ1) is 13.8. The number of rotatable bonds is 4. The third-order valence-corrected chi connectivity index (χ3v) is 3.94. The molecule has 0 aromatic heterocycles. The number of nitro benzene ring substituents is 1. The Morgan fingerprint density at radius 2 is 2.05 bits per heavy atom. The van der Waals surface area contributed by atoms with Crippen molar-refractivity contribution in [3.05, 3.63) is 33.9 Å². The number of methoxy groups -OCH3 is 1. The summed E-state index contributed by atoms with van der Waals surface area (Å²) < 4.78 is 5.00. The molecule has 1 aromatic carbocycles. The number of ether oxygens (including phenoxy) is 1. The van der Waals surface area contributed by atoms with Gasteiger partial charge in [0.15, 0.2) is 5.75 Å². The van der Waals surface area contributed by atoms with Crippen LogP contribution in [0.2, 0.25) is 0 Å². The summed E-state index contributed by atoms with van der Waals surface area (Å²) in [4.78, 5) is 10.6. The molecule has 2 rings (SSSR count). The van der Waals surface area contributed by atoms with Gasteiger partial charge in [-0.05, 0) is 30.4 Å². The summed E-state index contributed by atoms with van der Waals surface area (Å²) >= 11 is 0. The molecule has 1 saturated carbocycles. The van der Waals surface area contributed by atoms with Gasteiger partial charge in [-0.3, -0.25) is 10.1 Å². The van der Waals surface area contributed by atoms with E-state index in [1.165, 1.54) is 26.4 Å². The molecule has 104 valence electrons. The molecular weight excluding hydrogens is 244 g/mol. The molecule has 0 saturated heterocycles. The van der Waals surface area contributed by atoms with Crippen molar-refractivity contribution in [2.75, 3.05) is 7.11 Å². The maximum atomic E-state index is 11.0. The second-order valence-corrected chi connectivity index (χ2v) is 5.11. The van der Waals surface area contributed by atoms with Gasteiger partial charge in [0.25, 0.3) is 0 Å². The monoisotopic (exact) mass is 264 g/mol. The molecule has 1 fully saturated rings. The Kier molecular flexibility index (Phi) is 4.37. The number of hydrogen-bond donors (Lipinski definition) is 1. The molecule has 0 unspecified atom stereocenters. The largest absolute Gasteiger partial charge is 0.490 e. The van der Waals surface area contributed by atoms with Crippen LogP contribution in [0.25, 0.3) is 0 Å². The lowest BCUT2D eigenvalue weighted by Gasteiger charge is -2.27. The fourth-order valence-electron chi connectivity index (χ4n) is 2.82. The first-order chi connectivity index (χ1) is 9.13. The average molecular weight is 264 g/mol. The van der Waals surface area contributed by atoms with Crippen LogP contribution in [0, 0.1) is 16.0 Å². The number of nitrogens with zero attached hydrogens (tertiary/aromatic N) is 1. The minimum atomic E-state index is -0.421. The van der Waals surface area contributed by atoms with E-state index in [9.17, 15) is 10.1 Å². The molecule has 19 heavy (non-hydrogen) atoms. The number of nitro groups is 1. The van der Waals surface area contributed by atoms with E-state index in [1.54, 1.807) is 12.1 Å². The van der Waals surface area contributed by atoms with Crippen LogP contribution in [0.4, 0.5) is 5.69 Å². The van der Waals surface area contributed by atoms with E-state index in [0.29, 0.717) is 5.92 Å². The Hall–Kier alpha value is -1.62. The lowest BCUT2D eigenvalue weighted by atomic mass is 9.81. The molecular formula is C14H20N2O3. The molecule has 5 heteroatoms. The van der Waals surface area contributed by atoms with Crippen molar-refractivity contribution in [3.63, 3.8) is 0 Å². The maximum absolute atomic E-state index is 11.0. The minimum absolute atomic E-state index is 0.00809. The Bertz CT molecular complexity index is 456. The molecule has 1 aliphatic rings. The molecule has 5 nitrogen and oxygen atoms in total. The third kappa shape index (κ3) is 3.04. The van der Waals surface area contributed by atoms with Crippen LogP contribution in [0.3, 0.4) is 0 Å². The highest BCUT2D eigenvalue weighted by atomic mass is 16.6. The number of nitrogens with two attached hydrogens (primary N) is 1. The fourth-order valence-corrected chi connectivity index (χ4v) is 2.82. The van der Waals surface area contributed by atoms with Gasteiger partial charge in [-0.15, -0.1) is 0 Å². The molecule has 0 heterocycles. The van der Waals surface area contributed by atoms with Crippen molar-refractivity contribution in [2.45, 2.75) is 38.1 Å². The van der Waals surface area contributed by atoms with E-state index in [0.717, 1.165) is 18.4 Å². The topological polar surface area (TPSA) is 78.4 Å². The zero-order valence-corrected chi connectivity index (χ0v) is 11.2. The van der Waals surface area contributed by atoms with Gasteiger partial charge in [0.05, 0.1) is 12.0 Å². The van der Waals surface area contributed by atoms with Crippen LogP contribution >= 0.6 is 0 Å². The highest BCUT2D eigenvalue weighted by Gasteiger charge is 2.24. The van der Waals surface area contributed by atoms with Crippen LogP contribution in [-0.4, -0.2) is 12.0 Å². The summed E-state index contributed by atoms with van der Waals surface area (Å²) in [6.07, 6.45) is 5.90. The van der Waals surface area contributed by atoms with Crippen molar-refractivity contribution in [3.8, 4) is 5.75 Å². The second kappa shape index (κ2) is 6.02. The summed E-state index contributed by atoms with van der Waals surface area (Å²) in [6.45, 7) is 0. The van der Waals surface area contributed by atoms with Gasteiger partial charge >= 0.3 is 5.69 Å². The Morgan fingerprint density at radius 1 is 1.37 bits per heavy atom. The van der Waals surface area contributed by atoms with E-state index in [2.05, 4.69) is 0 Å². The predicted molar refractivity (Wildman–Crippen MR) is 73.2 cm³/mol. The molecule has 0 amide bonds. The molecule has 1 aliphatic carbocycles. The van der Waals surface area contributed by atoms with Gasteiger partial charge in [0.1, 0.15) is 0 Å². The lowest BCUT2D eigenvalue weighted by Crippen LogP contribution is -2.23. The quantitative estimate of drug-likeness (QED) is 0.669. The Morgan fingerprint density at radius 3 is 2.63 bits per heavy atom. The van der Waals surface area contributed by atoms with E-state index >= 15 is 0 Å². The summed E-state index contributed by atoms with van der Waals surface area (Å²) in [5, 5.41) is 11.0. The van der Waals surface area contributed by atoms with Gasteiger partial charge in [-0.1, -0.05) is 25.3 Å². The van der Waals surface area contributed by atoms with Crippen molar-refractivity contribution < 1.29 is 9.66 Å². The normalized spacial score (nSPS) is 18.0. The third-order valence-electron chi connectivity index (χ3n) is 3.94. The number of hydrogen-bond acceptors (Lipinski definition) is 4. The van der Waals surface area contributed by atoms with Crippen molar-refractivity contribution in [1.29, 1.82) is 0 Å². The first-order valence-corrected chi connectivity index (χ1v) is 6.71. The Labute approximate surface area is 112 Å². The van der Waals surface area contributed by atoms with Crippen molar-refractivity contribution in [1.82, 2.24) is 0 Å². The van der Waals surface area contributed by atoms with E-state index in [1.807, 2.05) is 6.07 Å². The van der Waals surface area contributed by atoms with Gasteiger partial charge in [0.2, 0.25) is 0 Å². The van der Waals surface area contributed by atoms with Crippen LogP contribution in [0.1, 0.15) is 43.7 Å². The zero-order valence-electron chi connectivity index (χ0n) is 11.2. The predicted octanol–water partition coefficient (Wildman–Crippen LogP) is 3.18. The van der Waals surface area contributed by atoms with Gasteiger partial charge in [0, 0.05) is 12.1 Å². The van der Waals surface area contributed by atoms with Gasteiger partial charge in [-0.2, -0.15) is 0 Å². The average Bonchev–Trinajstić information content (AvgIpc) is 2.46. The minimum Gasteiger partial charge on any atom is -0.490 e. The molecule has 0 spiro atoms. The molecule has 0 bridgehead atoms. The van der Waals surface area contributed by atoms with Crippen molar-refractivity contribution >= 4 is 5.69 Å². The highest BCUT2D eigenvalue weighted by molar-refractivity contribution is 5.49. The van der Waals surface area contributed by atoms with Gasteiger partial charge < -0.3 is 10.5 Å². The van der Waals surface area contributed by atoms with E-state index < -0.39 is 4.92 Å². The molecule has 1 atom stereocenters. The summed E-state index contributed by atoms with van der Waals surface area (Å²) in [5.41, 5.74) is 7.09. The highest BCUT2D eigenvalue weighted by Crippen LogP contribution is 2.36. The fraction of sp³-hybridized carbons (Fsp3) is 0.571. The first-order valence-electron chi connectivity index (χ1n) is 6.71. The molecule has 0 radical (unpaired) electrons. The lowest BCUT2D eigenvalue weighted by molar-refractivity contribution is -0.385. The van der Waals surface area contributed by atoms with E-state index in [-0.39, 0.29) is 17.5 Å². The van der Waals surface area contributed by atoms with Crippen molar-refractivity contribution in [2.24, 2.45) is 11.7 Å². The summed E-state index contributed by atoms with van der Waals surface area (Å²) in [5.74, 6) is 0.714. The molecule has 2 N–H and O–H groups in total. The standard InChI is InChI=1S/C14H20N2O3/c1-19-13-8-7-11(9-12(13)16(17)18)14(15)10-5-3-2-4-6-10/h7-10,14H,2-6,15H2,1H3/t14-/m0/s1. The second-order valence-electron chi connectivity index (χ2n) is 5.11. The summed E-state index contributed by atoms with van der Waals surface area (Å²) in [6, 6.07) is 4.91. The van der Waals surface area contributed by atoms with Crippen LogP contribution in [0.5, 0.6) is 5.75 Å². The van der Waals surface area contributed by atoms with Crippen LogP contribution in [0.15, 0.2) is 18.2 Å². The molecule has 0 aliphatic heterocycles. The van der Waals surface area contributed by atoms with Crippen LogP contribution < -0.4 is 10.5 Å². The SMILES string of the molecule is COc1ccc([C@@H](N)C2CCCCC2)cc1[N+](=O)[O-]. The Balaban J connectivity index is 2.24. The van der Waals surface area contributed by atoms with Crippen LogP contribution in [-0.2, 0) is 0 Å².